The summed E-state index contributed by atoms with van der Waals surface area (Å²) in [7, 11) is 0. The molecular weight excluding hydrogens is 460 g/mol. The van der Waals surface area contributed by atoms with E-state index in [1.165, 1.54) is 0 Å². The lowest BCUT2D eigenvalue weighted by Gasteiger charge is -2.21. The fourth-order valence-corrected chi connectivity index (χ4v) is 4.33. The molecule has 0 radical (unpaired) electrons. The quantitative estimate of drug-likeness (QED) is 0.507. The molecular formula is C24H25BrN2O4. The zero-order valence-electron chi connectivity index (χ0n) is 17.4. The Bertz CT molecular complexity index is 1090. The van der Waals surface area contributed by atoms with Gasteiger partial charge >= 0.3 is 0 Å². The maximum absolute atomic E-state index is 12.9. The standard InChI is InChI=1S/C24H25BrN2O4/c1-2-19(26-24(29)21-14-16-8-7-10-18(25)23(16)31-21)17-9-3-4-11-20(17)30-15-22(28)27-12-5-6-13-27/h3-4,7-11,14,19H,2,5-6,12-13,15H2,1H3,(H,26,29). The minimum absolute atomic E-state index is 0.000998. The van der Waals surface area contributed by atoms with Crippen molar-refractivity contribution in [1.82, 2.24) is 10.2 Å². The molecule has 4 rings (SSSR count). The van der Waals surface area contributed by atoms with Crippen LogP contribution < -0.4 is 10.1 Å². The number of para-hydroxylation sites is 2. The van der Waals surface area contributed by atoms with E-state index < -0.39 is 0 Å². The molecule has 1 aromatic heterocycles. The van der Waals surface area contributed by atoms with Crippen LogP contribution in [0.15, 0.2) is 57.4 Å². The Morgan fingerprint density at radius 2 is 1.94 bits per heavy atom. The third kappa shape index (κ3) is 4.77. The van der Waals surface area contributed by atoms with Gasteiger partial charge in [0.1, 0.15) is 11.3 Å². The molecule has 6 nitrogen and oxygen atoms in total. The van der Waals surface area contributed by atoms with Crippen molar-refractivity contribution >= 4 is 38.7 Å². The van der Waals surface area contributed by atoms with E-state index in [0.717, 1.165) is 41.4 Å². The van der Waals surface area contributed by atoms with Crippen LogP contribution in [0.5, 0.6) is 5.75 Å². The van der Waals surface area contributed by atoms with Crippen LogP contribution in [-0.4, -0.2) is 36.4 Å². The summed E-state index contributed by atoms with van der Waals surface area (Å²) >= 11 is 3.45. The van der Waals surface area contributed by atoms with Gasteiger partial charge in [-0.05, 0) is 53.4 Å². The molecule has 2 heterocycles. The Morgan fingerprint density at radius 1 is 1.16 bits per heavy atom. The van der Waals surface area contributed by atoms with E-state index in [1.807, 2.05) is 54.3 Å². The van der Waals surface area contributed by atoms with Gasteiger partial charge in [0, 0.05) is 24.0 Å². The number of carbonyl (C=O) groups excluding carboxylic acids is 2. The molecule has 1 saturated heterocycles. The molecule has 3 aromatic rings. The highest BCUT2D eigenvalue weighted by atomic mass is 79.9. The van der Waals surface area contributed by atoms with Crippen LogP contribution in [0.25, 0.3) is 11.0 Å². The minimum atomic E-state index is -0.294. The molecule has 7 heteroatoms. The average molecular weight is 485 g/mol. The second kappa shape index (κ2) is 9.56. The zero-order valence-corrected chi connectivity index (χ0v) is 19.0. The molecule has 1 unspecified atom stereocenters. The number of nitrogens with one attached hydrogen (secondary N) is 1. The number of likely N-dealkylation sites (tertiary alicyclic amines) is 1. The Balaban J connectivity index is 1.48. The monoisotopic (exact) mass is 484 g/mol. The number of benzene rings is 2. The molecule has 0 spiro atoms. The maximum atomic E-state index is 12.9. The summed E-state index contributed by atoms with van der Waals surface area (Å²) in [6.45, 7) is 3.58. The number of ether oxygens (including phenoxy) is 1. The lowest BCUT2D eigenvalue weighted by atomic mass is 10.0. The van der Waals surface area contributed by atoms with Crippen LogP contribution in [-0.2, 0) is 4.79 Å². The Labute approximate surface area is 189 Å². The summed E-state index contributed by atoms with van der Waals surface area (Å²) in [5.74, 6) is 0.563. The maximum Gasteiger partial charge on any atom is 0.287 e. The largest absolute Gasteiger partial charge is 0.483 e. The molecule has 0 aliphatic carbocycles. The highest BCUT2D eigenvalue weighted by molar-refractivity contribution is 9.10. The normalized spacial score (nSPS) is 14.6. The van der Waals surface area contributed by atoms with E-state index in [0.29, 0.717) is 17.8 Å². The van der Waals surface area contributed by atoms with Gasteiger partial charge in [-0.2, -0.15) is 0 Å². The van der Waals surface area contributed by atoms with Gasteiger partial charge in [-0.3, -0.25) is 9.59 Å². The molecule has 1 atom stereocenters. The smallest absolute Gasteiger partial charge is 0.287 e. The fraction of sp³-hybridized carbons (Fsp3) is 0.333. The van der Waals surface area contributed by atoms with Crippen LogP contribution in [0.2, 0.25) is 0 Å². The molecule has 162 valence electrons. The predicted octanol–water partition coefficient (Wildman–Crippen LogP) is 5.08. The average Bonchev–Trinajstić information content (AvgIpc) is 3.47. The molecule has 1 aliphatic heterocycles. The topological polar surface area (TPSA) is 71.8 Å². The SMILES string of the molecule is CCC(NC(=O)c1cc2cccc(Br)c2o1)c1ccccc1OCC(=O)N1CCCC1. The number of fused-ring (bicyclic) bond motifs is 1. The highest BCUT2D eigenvalue weighted by Gasteiger charge is 2.22. The van der Waals surface area contributed by atoms with Gasteiger partial charge in [-0.25, -0.2) is 0 Å². The predicted molar refractivity (Wildman–Crippen MR) is 122 cm³/mol. The summed E-state index contributed by atoms with van der Waals surface area (Å²) in [6, 6.07) is 14.6. The Kier molecular flexibility index (Phi) is 6.61. The fourth-order valence-electron chi connectivity index (χ4n) is 3.87. The Morgan fingerprint density at radius 3 is 2.68 bits per heavy atom. The van der Waals surface area contributed by atoms with Crippen molar-refractivity contribution in [3.8, 4) is 5.75 Å². The van der Waals surface area contributed by atoms with E-state index in [4.69, 9.17) is 9.15 Å². The zero-order chi connectivity index (χ0) is 21.8. The first-order chi connectivity index (χ1) is 15.1. The van der Waals surface area contributed by atoms with Crippen LogP contribution in [0.4, 0.5) is 0 Å². The number of carbonyl (C=O) groups is 2. The van der Waals surface area contributed by atoms with Gasteiger partial charge in [-0.15, -0.1) is 0 Å². The summed E-state index contributed by atoms with van der Waals surface area (Å²) in [5, 5.41) is 3.90. The van der Waals surface area contributed by atoms with Crippen LogP contribution in [0, 0.1) is 0 Å². The first kappa shape index (κ1) is 21.4. The Hall–Kier alpha value is -2.80. The molecule has 0 bridgehead atoms. The van der Waals surface area contributed by atoms with Crippen molar-refractivity contribution in [3.63, 3.8) is 0 Å². The van der Waals surface area contributed by atoms with Crippen molar-refractivity contribution in [1.29, 1.82) is 0 Å². The van der Waals surface area contributed by atoms with E-state index in [1.54, 1.807) is 6.07 Å². The molecule has 31 heavy (non-hydrogen) atoms. The third-order valence-electron chi connectivity index (χ3n) is 5.54. The number of nitrogens with zero attached hydrogens (tertiary/aromatic N) is 1. The summed E-state index contributed by atoms with van der Waals surface area (Å²) in [6.07, 6.45) is 2.76. The van der Waals surface area contributed by atoms with Gasteiger partial charge in [0.15, 0.2) is 12.4 Å². The first-order valence-electron chi connectivity index (χ1n) is 10.5. The van der Waals surface area contributed by atoms with Crippen molar-refractivity contribution in [3.05, 3.63) is 64.3 Å². The van der Waals surface area contributed by atoms with E-state index in [2.05, 4.69) is 21.2 Å². The van der Waals surface area contributed by atoms with E-state index in [-0.39, 0.29) is 30.2 Å². The van der Waals surface area contributed by atoms with Crippen LogP contribution in [0.1, 0.15) is 48.3 Å². The van der Waals surface area contributed by atoms with Gasteiger partial charge in [-0.1, -0.05) is 37.3 Å². The summed E-state index contributed by atoms with van der Waals surface area (Å²) in [4.78, 5) is 27.1. The number of rotatable bonds is 7. The lowest BCUT2D eigenvalue weighted by molar-refractivity contribution is -0.132. The van der Waals surface area contributed by atoms with Gasteiger partial charge in [0.25, 0.3) is 11.8 Å². The molecule has 0 saturated carbocycles. The van der Waals surface area contributed by atoms with Crippen molar-refractivity contribution in [2.24, 2.45) is 0 Å². The minimum Gasteiger partial charge on any atom is -0.483 e. The molecule has 2 aromatic carbocycles. The highest BCUT2D eigenvalue weighted by Crippen LogP contribution is 2.30. The second-order valence-corrected chi connectivity index (χ2v) is 8.47. The number of hydrogen-bond acceptors (Lipinski definition) is 4. The number of hydrogen-bond donors (Lipinski definition) is 1. The van der Waals surface area contributed by atoms with Crippen molar-refractivity contribution in [2.45, 2.75) is 32.2 Å². The molecule has 1 aliphatic rings. The summed E-state index contributed by atoms with van der Waals surface area (Å²) < 4.78 is 12.4. The molecule has 1 N–H and O–H groups in total. The first-order valence-corrected chi connectivity index (χ1v) is 11.3. The van der Waals surface area contributed by atoms with Crippen LogP contribution in [0.3, 0.4) is 0 Å². The number of halogens is 1. The number of furan rings is 1. The van der Waals surface area contributed by atoms with Crippen LogP contribution >= 0.6 is 15.9 Å². The lowest BCUT2D eigenvalue weighted by Crippen LogP contribution is -2.32. The number of amides is 2. The van der Waals surface area contributed by atoms with Crippen molar-refractivity contribution < 1.29 is 18.7 Å². The third-order valence-corrected chi connectivity index (χ3v) is 6.16. The second-order valence-electron chi connectivity index (χ2n) is 7.62. The van der Waals surface area contributed by atoms with E-state index >= 15 is 0 Å². The van der Waals surface area contributed by atoms with E-state index in [9.17, 15) is 9.59 Å². The molecule has 1 fully saturated rings. The van der Waals surface area contributed by atoms with Gasteiger partial charge < -0.3 is 19.4 Å². The van der Waals surface area contributed by atoms with Crippen molar-refractivity contribution in [2.75, 3.05) is 19.7 Å². The van der Waals surface area contributed by atoms with Gasteiger partial charge in [0.05, 0.1) is 10.5 Å². The summed E-state index contributed by atoms with van der Waals surface area (Å²) in [5.41, 5.74) is 1.48. The van der Waals surface area contributed by atoms with Gasteiger partial charge in [0.2, 0.25) is 0 Å². The molecule has 2 amide bonds.